The number of aliphatic carboxylic acids is 8. The second-order valence-corrected chi connectivity index (χ2v) is 5.68. The summed E-state index contributed by atoms with van der Waals surface area (Å²) in [5.74, 6) is -36.6. The maximum Gasteiger partial charge on any atom is 2.00 e. The fraction of sp³-hybridized carbons (Fsp3) is 0.385. The Morgan fingerprint density at radius 3 is 0.667 bits per heavy atom. The van der Waals surface area contributed by atoms with E-state index in [2.05, 4.69) is 0 Å². The fourth-order valence-corrected chi connectivity index (χ4v) is 3.92. The van der Waals surface area contributed by atoms with Crippen LogP contribution in [0.2, 0.25) is 0 Å². The van der Waals surface area contributed by atoms with E-state index in [1.54, 1.807) is 0 Å². The molecular formula is C13H2Ca4O16. The van der Waals surface area contributed by atoms with Crippen LogP contribution in [0.15, 0.2) is 0 Å². The summed E-state index contributed by atoms with van der Waals surface area (Å²) in [4.78, 5) is 92.2. The quantitative estimate of drug-likeness (QED) is 0.192. The average molecular weight is 574 g/mol. The predicted molar refractivity (Wildman–Crippen MR) is 77.4 cm³/mol. The third kappa shape index (κ3) is 5.01. The van der Waals surface area contributed by atoms with Crippen LogP contribution < -0.4 is 40.9 Å². The van der Waals surface area contributed by atoms with Crippen molar-refractivity contribution in [2.45, 2.75) is 0 Å². The monoisotopic (exact) mass is 574 g/mol. The minimum atomic E-state index is -5.56. The van der Waals surface area contributed by atoms with Crippen molar-refractivity contribution in [2.24, 2.45) is 28.1 Å². The van der Waals surface area contributed by atoms with Crippen molar-refractivity contribution in [1.29, 1.82) is 0 Å². The van der Waals surface area contributed by atoms with E-state index in [1.807, 2.05) is 0 Å². The molecule has 0 N–H and O–H groups in total. The van der Waals surface area contributed by atoms with Crippen LogP contribution in [0.1, 0.15) is 0 Å². The first-order valence-electron chi connectivity index (χ1n) is 6.75. The van der Waals surface area contributed by atoms with Gasteiger partial charge >= 0.3 is 151 Å². The van der Waals surface area contributed by atoms with Gasteiger partial charge in [-0.3, -0.25) is 0 Å². The smallest absolute Gasteiger partial charge is 0.550 e. The summed E-state index contributed by atoms with van der Waals surface area (Å²) in [6, 6.07) is 0. The van der Waals surface area contributed by atoms with E-state index < -0.39 is 75.8 Å². The summed E-state index contributed by atoms with van der Waals surface area (Å²) >= 11 is 0. The SMILES string of the molecule is O=C([O-])C1C(C(=O)[O-])C(C(=O)[O-])(C(=O)[O-])C(C(=O)[O-])(C(=O)[O-])C1(C(=O)[O-])C(=O)[O-].[Ca+2].[Ca+2].[Ca+2].[Ca+2]. The Morgan fingerprint density at radius 2 is 0.576 bits per heavy atom. The zero-order valence-electron chi connectivity index (χ0n) is 16.0. The van der Waals surface area contributed by atoms with E-state index >= 15 is 0 Å². The summed E-state index contributed by atoms with van der Waals surface area (Å²) in [6.07, 6.45) is 0. The van der Waals surface area contributed by atoms with Gasteiger partial charge in [-0.25, -0.2) is 0 Å². The molecule has 2 unspecified atom stereocenters. The van der Waals surface area contributed by atoms with Crippen LogP contribution >= 0.6 is 0 Å². The average Bonchev–Trinajstić information content (AvgIpc) is 2.81. The molecule has 20 heteroatoms. The van der Waals surface area contributed by atoms with Gasteiger partial charge in [0, 0.05) is 23.8 Å². The summed E-state index contributed by atoms with van der Waals surface area (Å²) in [5, 5.41) is 92.2. The molecule has 0 heterocycles. The Bertz CT molecular complexity index is 797. The first-order valence-corrected chi connectivity index (χ1v) is 6.75. The van der Waals surface area contributed by atoms with Gasteiger partial charge in [0.05, 0.1) is 52.1 Å². The molecule has 0 spiro atoms. The maximum absolute atomic E-state index is 11.6. The van der Waals surface area contributed by atoms with Crippen LogP contribution in [0.3, 0.4) is 0 Å². The summed E-state index contributed by atoms with van der Waals surface area (Å²) in [7, 11) is 0. The van der Waals surface area contributed by atoms with Crippen molar-refractivity contribution < 1.29 is 79.2 Å². The Morgan fingerprint density at radius 1 is 0.394 bits per heavy atom. The van der Waals surface area contributed by atoms with Gasteiger partial charge in [0.1, 0.15) is 0 Å². The van der Waals surface area contributed by atoms with E-state index in [-0.39, 0.29) is 151 Å². The predicted octanol–water partition coefficient (Wildman–Crippen LogP) is -15.3. The van der Waals surface area contributed by atoms with Crippen molar-refractivity contribution in [3.05, 3.63) is 0 Å². The zero-order valence-corrected chi connectivity index (χ0v) is 24.8. The van der Waals surface area contributed by atoms with Gasteiger partial charge in [-0.1, -0.05) is 0 Å². The normalized spacial score (nSPS) is 20.6. The van der Waals surface area contributed by atoms with Gasteiger partial charge in [0.2, 0.25) is 0 Å². The third-order valence-electron chi connectivity index (χ3n) is 4.86. The molecule has 16 nitrogen and oxygen atoms in total. The Balaban J connectivity index is -0.00000105. The van der Waals surface area contributed by atoms with Gasteiger partial charge in [0.25, 0.3) is 0 Å². The van der Waals surface area contributed by atoms with Crippen LogP contribution in [0.5, 0.6) is 0 Å². The topological polar surface area (TPSA) is 321 Å². The van der Waals surface area contributed by atoms with Gasteiger partial charge in [-0.15, -0.1) is 0 Å². The van der Waals surface area contributed by atoms with Gasteiger partial charge in [-0.05, 0) is 0 Å². The molecule has 0 aliphatic heterocycles. The Labute approximate surface area is 300 Å². The number of carbonyl (C=O) groups excluding carboxylic acids is 8. The first kappa shape index (κ1) is 40.9. The van der Waals surface area contributed by atoms with Gasteiger partial charge in [0.15, 0.2) is 0 Å². The number of hydrogen-bond donors (Lipinski definition) is 0. The van der Waals surface area contributed by atoms with Gasteiger partial charge < -0.3 is 79.2 Å². The molecule has 1 rings (SSSR count). The molecule has 1 aliphatic carbocycles. The molecule has 1 fully saturated rings. The van der Waals surface area contributed by atoms with Crippen molar-refractivity contribution in [1.82, 2.24) is 0 Å². The van der Waals surface area contributed by atoms with E-state index in [0.29, 0.717) is 0 Å². The van der Waals surface area contributed by atoms with E-state index in [4.69, 9.17) is 0 Å². The number of hydrogen-bond acceptors (Lipinski definition) is 16. The fourth-order valence-electron chi connectivity index (χ4n) is 3.92. The van der Waals surface area contributed by atoms with E-state index in [1.165, 1.54) is 0 Å². The first-order chi connectivity index (χ1) is 13.0. The molecule has 0 amide bonds. The standard InChI is InChI=1S/C13H10O16.4Ca/c14-3(15)1-2(4(16)17)12(7(22)23,8(24)25)13(9(26)27,10(28)29)11(1,5(18)19)6(20)21;;;;/h1-2H,(H,14,15)(H,16,17)(H,18,19)(H,20,21)(H,22,23)(H,24,25)(H,26,27)(H,28,29);;;;/q;4*+2/p-8. The van der Waals surface area contributed by atoms with Crippen LogP contribution in [0.25, 0.3) is 0 Å². The van der Waals surface area contributed by atoms with Crippen molar-refractivity contribution in [2.75, 3.05) is 0 Å². The van der Waals surface area contributed by atoms with E-state index in [9.17, 15) is 79.2 Å². The largest absolute Gasteiger partial charge is 2.00 e. The molecular weight excluding hydrogens is 572 g/mol. The summed E-state index contributed by atoms with van der Waals surface area (Å²) in [5.41, 5.74) is -16.2. The Kier molecular flexibility index (Phi) is 17.3. The van der Waals surface area contributed by atoms with E-state index in [0.717, 1.165) is 0 Å². The molecule has 0 bridgehead atoms. The molecule has 2 atom stereocenters. The third-order valence-corrected chi connectivity index (χ3v) is 4.86. The minimum Gasteiger partial charge on any atom is -0.550 e. The zero-order chi connectivity index (χ0) is 23.3. The number of carbonyl (C=O) groups is 8. The van der Waals surface area contributed by atoms with Crippen molar-refractivity contribution >= 4 is 199 Å². The number of carboxylic acids is 8. The molecule has 1 aliphatic rings. The minimum absolute atomic E-state index is 0. The van der Waals surface area contributed by atoms with Crippen molar-refractivity contribution in [3.8, 4) is 0 Å². The molecule has 158 valence electrons. The van der Waals surface area contributed by atoms with Crippen LogP contribution in [-0.4, -0.2) is 199 Å². The van der Waals surface area contributed by atoms with Crippen LogP contribution in [0.4, 0.5) is 0 Å². The molecule has 0 saturated heterocycles. The summed E-state index contributed by atoms with van der Waals surface area (Å²) < 4.78 is 0. The van der Waals surface area contributed by atoms with Crippen LogP contribution in [0, 0.1) is 28.1 Å². The number of carboxylic acid groups (broad SMARTS) is 8. The van der Waals surface area contributed by atoms with Crippen molar-refractivity contribution in [3.63, 3.8) is 0 Å². The molecule has 33 heavy (non-hydrogen) atoms. The second kappa shape index (κ2) is 13.9. The molecule has 0 aromatic rings. The molecule has 0 aromatic heterocycles. The van der Waals surface area contributed by atoms with Gasteiger partial charge in [-0.2, -0.15) is 0 Å². The van der Waals surface area contributed by atoms with Crippen LogP contribution in [-0.2, 0) is 38.4 Å². The Hall–Kier alpha value is 0.799. The number of rotatable bonds is 8. The molecule has 0 radical (unpaired) electrons. The molecule has 0 aromatic carbocycles. The second-order valence-electron chi connectivity index (χ2n) is 5.68. The maximum atomic E-state index is 11.6. The summed E-state index contributed by atoms with van der Waals surface area (Å²) in [6.45, 7) is 0. The molecule has 1 saturated carbocycles.